The molecule has 8 nitrogen and oxygen atoms in total. The summed E-state index contributed by atoms with van der Waals surface area (Å²) in [7, 11) is 0. The number of amides is 1. The number of aryl methyl sites for hydroxylation is 2. The van der Waals surface area contributed by atoms with E-state index >= 15 is 0 Å². The largest absolute Gasteiger partial charge is 0.383 e. The van der Waals surface area contributed by atoms with Crippen LogP contribution < -0.4 is 11.1 Å². The van der Waals surface area contributed by atoms with Crippen LogP contribution in [0.4, 0.5) is 11.6 Å². The summed E-state index contributed by atoms with van der Waals surface area (Å²) in [6, 6.07) is 1.81. The molecule has 0 saturated heterocycles. The van der Waals surface area contributed by atoms with Crippen LogP contribution in [0, 0.1) is 6.92 Å². The smallest absolute Gasteiger partial charge is 0.262 e. The zero-order valence-corrected chi connectivity index (χ0v) is 12.8. The molecule has 1 aliphatic rings. The predicted molar refractivity (Wildman–Crippen MR) is 85.3 cm³/mol. The quantitative estimate of drug-likeness (QED) is 0.744. The molecule has 4 rings (SSSR count). The molecule has 3 N–H and O–H groups in total. The number of nitrogens with zero attached hydrogens (tertiary/aromatic N) is 5. The maximum absolute atomic E-state index is 12.6. The summed E-state index contributed by atoms with van der Waals surface area (Å²) in [6.45, 7) is 2.72. The zero-order chi connectivity index (χ0) is 16.0. The van der Waals surface area contributed by atoms with E-state index in [1.165, 1.54) is 10.7 Å². The number of rotatable bonds is 2. The van der Waals surface area contributed by atoms with Gasteiger partial charge in [-0.3, -0.25) is 4.79 Å². The number of hydrogen-bond donors (Lipinski definition) is 2. The molecule has 0 spiro atoms. The zero-order valence-electron chi connectivity index (χ0n) is 12.8. The highest BCUT2D eigenvalue weighted by Gasteiger charge is 2.19. The number of anilines is 2. The number of hydrogen-bond acceptors (Lipinski definition) is 5. The minimum absolute atomic E-state index is 0.277. The monoisotopic (exact) mass is 311 g/mol. The number of carbonyl (C=O) groups excluding carboxylic acids is 1. The number of imidazole rings is 1. The third-order valence-corrected chi connectivity index (χ3v) is 4.10. The van der Waals surface area contributed by atoms with Crippen molar-refractivity contribution in [3.63, 3.8) is 0 Å². The van der Waals surface area contributed by atoms with Crippen LogP contribution >= 0.6 is 0 Å². The van der Waals surface area contributed by atoms with Crippen LogP contribution in [0.1, 0.15) is 34.7 Å². The molecule has 0 atom stereocenters. The van der Waals surface area contributed by atoms with Gasteiger partial charge in [0.1, 0.15) is 23.0 Å². The molecule has 3 aromatic heterocycles. The Morgan fingerprint density at radius 3 is 3.04 bits per heavy atom. The lowest BCUT2D eigenvalue weighted by Crippen LogP contribution is -2.20. The first-order valence-corrected chi connectivity index (χ1v) is 7.60. The van der Waals surface area contributed by atoms with Gasteiger partial charge in [-0.2, -0.15) is 9.61 Å². The molecule has 0 saturated carbocycles. The van der Waals surface area contributed by atoms with E-state index in [-0.39, 0.29) is 11.7 Å². The van der Waals surface area contributed by atoms with E-state index in [2.05, 4.69) is 20.4 Å². The van der Waals surface area contributed by atoms with Gasteiger partial charge in [0.15, 0.2) is 5.65 Å². The third kappa shape index (κ3) is 2.23. The van der Waals surface area contributed by atoms with Crippen molar-refractivity contribution in [2.24, 2.45) is 0 Å². The van der Waals surface area contributed by atoms with Crippen molar-refractivity contribution in [3.05, 3.63) is 35.5 Å². The molecular formula is C15H17N7O. The summed E-state index contributed by atoms with van der Waals surface area (Å²) in [5.74, 6) is 1.67. The molecular weight excluding hydrogens is 294 g/mol. The van der Waals surface area contributed by atoms with Gasteiger partial charge in [0.2, 0.25) is 0 Å². The highest BCUT2D eigenvalue weighted by atomic mass is 16.1. The van der Waals surface area contributed by atoms with Gasteiger partial charge in [-0.05, 0) is 19.8 Å². The Morgan fingerprint density at radius 2 is 2.17 bits per heavy atom. The van der Waals surface area contributed by atoms with Gasteiger partial charge in [-0.15, -0.1) is 0 Å². The van der Waals surface area contributed by atoms with Crippen LogP contribution in [0.15, 0.2) is 18.5 Å². The van der Waals surface area contributed by atoms with Crippen LogP contribution in [0.5, 0.6) is 0 Å². The van der Waals surface area contributed by atoms with E-state index in [1.54, 1.807) is 6.20 Å². The highest BCUT2D eigenvalue weighted by Crippen LogP contribution is 2.21. The fourth-order valence-electron chi connectivity index (χ4n) is 2.94. The molecule has 4 heterocycles. The van der Waals surface area contributed by atoms with E-state index in [4.69, 9.17) is 5.73 Å². The molecule has 23 heavy (non-hydrogen) atoms. The average molecular weight is 311 g/mol. The molecule has 118 valence electrons. The summed E-state index contributed by atoms with van der Waals surface area (Å²) in [6.07, 6.45) is 6.34. The van der Waals surface area contributed by atoms with Crippen LogP contribution in [0.3, 0.4) is 0 Å². The van der Waals surface area contributed by atoms with Crippen molar-refractivity contribution < 1.29 is 4.79 Å². The van der Waals surface area contributed by atoms with E-state index < -0.39 is 0 Å². The number of nitrogens with two attached hydrogens (primary N) is 1. The lowest BCUT2D eigenvalue weighted by Gasteiger charge is -2.16. The number of carbonyl (C=O) groups is 1. The van der Waals surface area contributed by atoms with Crippen molar-refractivity contribution in [2.45, 2.75) is 32.7 Å². The Morgan fingerprint density at radius 1 is 1.30 bits per heavy atom. The number of aromatic nitrogens is 5. The summed E-state index contributed by atoms with van der Waals surface area (Å²) >= 11 is 0. The number of nitrogens with one attached hydrogen (secondary N) is 1. The van der Waals surface area contributed by atoms with Crippen LogP contribution in [-0.2, 0) is 13.0 Å². The van der Waals surface area contributed by atoms with Crippen molar-refractivity contribution in [1.29, 1.82) is 0 Å². The average Bonchev–Trinajstić information content (AvgIpc) is 3.11. The van der Waals surface area contributed by atoms with Crippen LogP contribution in [0.25, 0.3) is 5.65 Å². The Labute approximate surface area is 132 Å². The Hall–Kier alpha value is -2.90. The second-order valence-electron chi connectivity index (χ2n) is 5.74. The molecule has 3 aromatic rings. The van der Waals surface area contributed by atoms with Gasteiger partial charge in [0.05, 0.1) is 11.9 Å². The second kappa shape index (κ2) is 5.08. The molecule has 0 radical (unpaired) electrons. The minimum Gasteiger partial charge on any atom is -0.383 e. The topological polar surface area (TPSA) is 103 Å². The SMILES string of the molecule is Cc1cc2ncc(C(=O)Nc3cnc4n3CCCC4)c(N)n2n1. The van der Waals surface area contributed by atoms with Crippen molar-refractivity contribution in [2.75, 3.05) is 11.1 Å². The molecule has 1 amide bonds. The minimum atomic E-state index is -0.307. The molecule has 0 unspecified atom stereocenters. The van der Waals surface area contributed by atoms with E-state index in [0.717, 1.165) is 37.3 Å². The van der Waals surface area contributed by atoms with Gasteiger partial charge in [0, 0.05) is 25.2 Å². The highest BCUT2D eigenvalue weighted by molar-refractivity contribution is 6.06. The van der Waals surface area contributed by atoms with Crippen LogP contribution in [-0.4, -0.2) is 30.1 Å². The van der Waals surface area contributed by atoms with Gasteiger partial charge < -0.3 is 15.6 Å². The maximum atomic E-state index is 12.6. The van der Waals surface area contributed by atoms with Gasteiger partial charge in [-0.25, -0.2) is 9.97 Å². The first kappa shape index (κ1) is 13.7. The Kier molecular flexibility index (Phi) is 3.03. The summed E-state index contributed by atoms with van der Waals surface area (Å²) in [4.78, 5) is 21.2. The van der Waals surface area contributed by atoms with Crippen molar-refractivity contribution >= 4 is 23.2 Å². The van der Waals surface area contributed by atoms with Crippen LogP contribution in [0.2, 0.25) is 0 Å². The summed E-state index contributed by atoms with van der Waals surface area (Å²) in [5.41, 5.74) is 7.80. The molecule has 1 aliphatic heterocycles. The second-order valence-corrected chi connectivity index (χ2v) is 5.74. The standard InChI is InChI=1S/C15H17N7O/c1-9-6-12-17-7-10(14(16)22(12)20-9)15(23)19-13-8-18-11-4-2-3-5-21(11)13/h6-8H,2-5,16H2,1H3,(H,19,23). The summed E-state index contributed by atoms with van der Waals surface area (Å²) < 4.78 is 3.53. The summed E-state index contributed by atoms with van der Waals surface area (Å²) in [5, 5.41) is 7.13. The first-order valence-electron chi connectivity index (χ1n) is 7.60. The van der Waals surface area contributed by atoms with Crippen molar-refractivity contribution in [1.82, 2.24) is 24.1 Å². The van der Waals surface area contributed by atoms with Gasteiger partial charge in [0.25, 0.3) is 5.91 Å². The fraction of sp³-hybridized carbons (Fsp3) is 0.333. The van der Waals surface area contributed by atoms with Gasteiger partial charge in [-0.1, -0.05) is 0 Å². The van der Waals surface area contributed by atoms with E-state index in [0.29, 0.717) is 17.0 Å². The molecule has 0 aromatic carbocycles. The van der Waals surface area contributed by atoms with Gasteiger partial charge >= 0.3 is 0 Å². The van der Waals surface area contributed by atoms with Crippen molar-refractivity contribution in [3.8, 4) is 0 Å². The lowest BCUT2D eigenvalue weighted by atomic mass is 10.2. The maximum Gasteiger partial charge on any atom is 0.262 e. The van der Waals surface area contributed by atoms with E-state index in [1.807, 2.05) is 17.6 Å². The third-order valence-electron chi connectivity index (χ3n) is 4.10. The number of nitrogen functional groups attached to an aromatic ring is 1. The normalized spacial score (nSPS) is 14.0. The Balaban J connectivity index is 1.67. The number of fused-ring (bicyclic) bond motifs is 2. The molecule has 0 aliphatic carbocycles. The molecule has 8 heteroatoms. The fourth-order valence-corrected chi connectivity index (χ4v) is 2.94. The first-order chi connectivity index (χ1) is 11.1. The van der Waals surface area contributed by atoms with E-state index in [9.17, 15) is 4.79 Å². The molecule has 0 bridgehead atoms. The predicted octanol–water partition coefficient (Wildman–Crippen LogP) is 1.41. The lowest BCUT2D eigenvalue weighted by molar-refractivity contribution is 0.102. The Bertz CT molecular complexity index is 908. The molecule has 0 fully saturated rings.